The summed E-state index contributed by atoms with van der Waals surface area (Å²) in [5.41, 5.74) is 0.175. The Balaban J connectivity index is 2.14. The van der Waals surface area contributed by atoms with Gasteiger partial charge in [0.05, 0.1) is 16.0 Å². The maximum atomic E-state index is 12.3. The second kappa shape index (κ2) is 5.67. The molecule has 0 atom stereocenters. The fraction of sp³-hybridized carbons (Fsp3) is 0.333. The highest BCUT2D eigenvalue weighted by molar-refractivity contribution is 6.33. The molecule has 1 amide bonds. The van der Waals surface area contributed by atoms with Gasteiger partial charge in [-0.05, 0) is 37.5 Å². The van der Waals surface area contributed by atoms with Crippen molar-refractivity contribution < 1.29 is 14.7 Å². The number of amides is 1. The zero-order valence-electron chi connectivity index (χ0n) is 11.0. The molecule has 2 rings (SSSR count). The standard InChI is InChI=1S/C15H16ClNO3/c1-2-6-15(7-3-8-15)14(20)17-10-4-5-11(13(18)19)12(16)9-10/h2,4-5,9H,1,3,6-8H2,(H,17,20)(H,18,19). The van der Waals surface area contributed by atoms with Crippen LogP contribution in [-0.2, 0) is 4.79 Å². The third-order valence-electron chi connectivity index (χ3n) is 3.78. The van der Waals surface area contributed by atoms with E-state index in [9.17, 15) is 9.59 Å². The number of carbonyl (C=O) groups excluding carboxylic acids is 1. The fourth-order valence-electron chi connectivity index (χ4n) is 2.43. The largest absolute Gasteiger partial charge is 0.478 e. The molecule has 0 bridgehead atoms. The van der Waals surface area contributed by atoms with Gasteiger partial charge in [0.1, 0.15) is 0 Å². The first kappa shape index (κ1) is 14.6. The Morgan fingerprint density at radius 1 is 1.45 bits per heavy atom. The number of nitrogens with one attached hydrogen (secondary N) is 1. The lowest BCUT2D eigenvalue weighted by molar-refractivity contribution is -0.130. The van der Waals surface area contributed by atoms with Crippen molar-refractivity contribution in [1.29, 1.82) is 0 Å². The summed E-state index contributed by atoms with van der Waals surface area (Å²) in [6.45, 7) is 3.70. The summed E-state index contributed by atoms with van der Waals surface area (Å²) in [6, 6.07) is 4.40. The van der Waals surface area contributed by atoms with Crippen LogP contribution in [0.4, 0.5) is 5.69 Å². The Labute approximate surface area is 122 Å². The molecule has 0 unspecified atom stereocenters. The average molecular weight is 294 g/mol. The van der Waals surface area contributed by atoms with Gasteiger partial charge >= 0.3 is 5.97 Å². The molecule has 0 saturated heterocycles. The molecule has 0 spiro atoms. The van der Waals surface area contributed by atoms with Crippen molar-refractivity contribution in [3.8, 4) is 0 Å². The first-order chi connectivity index (χ1) is 9.48. The van der Waals surface area contributed by atoms with Crippen molar-refractivity contribution in [3.63, 3.8) is 0 Å². The van der Waals surface area contributed by atoms with E-state index in [0.29, 0.717) is 12.1 Å². The number of aromatic carboxylic acids is 1. The van der Waals surface area contributed by atoms with Crippen LogP contribution < -0.4 is 5.32 Å². The minimum atomic E-state index is -1.09. The van der Waals surface area contributed by atoms with E-state index in [1.165, 1.54) is 12.1 Å². The second-order valence-corrected chi connectivity index (χ2v) is 5.49. The minimum absolute atomic E-state index is 0.0223. The van der Waals surface area contributed by atoms with E-state index in [4.69, 9.17) is 16.7 Å². The van der Waals surface area contributed by atoms with Gasteiger partial charge in [0.25, 0.3) is 0 Å². The van der Waals surface area contributed by atoms with Crippen LogP contribution >= 0.6 is 11.6 Å². The van der Waals surface area contributed by atoms with Crippen molar-refractivity contribution >= 4 is 29.2 Å². The van der Waals surface area contributed by atoms with E-state index < -0.39 is 5.97 Å². The number of allylic oxidation sites excluding steroid dienone is 1. The van der Waals surface area contributed by atoms with Crippen LogP contribution in [0.15, 0.2) is 30.9 Å². The number of halogens is 1. The first-order valence-electron chi connectivity index (χ1n) is 6.44. The summed E-state index contributed by atoms with van der Waals surface area (Å²) < 4.78 is 0. The van der Waals surface area contributed by atoms with Gasteiger partial charge in [0.15, 0.2) is 0 Å². The summed E-state index contributed by atoms with van der Waals surface area (Å²) >= 11 is 5.88. The highest BCUT2D eigenvalue weighted by atomic mass is 35.5. The number of rotatable bonds is 5. The molecule has 5 heteroatoms. The summed E-state index contributed by atoms with van der Waals surface area (Å²) in [4.78, 5) is 23.2. The molecule has 4 nitrogen and oxygen atoms in total. The Kier molecular flexibility index (Phi) is 4.14. The number of carboxylic acids is 1. The highest BCUT2D eigenvalue weighted by Gasteiger charge is 2.42. The first-order valence-corrected chi connectivity index (χ1v) is 6.81. The Morgan fingerprint density at radius 2 is 2.15 bits per heavy atom. The smallest absolute Gasteiger partial charge is 0.337 e. The van der Waals surface area contributed by atoms with Gasteiger partial charge in [0.2, 0.25) is 5.91 Å². The highest BCUT2D eigenvalue weighted by Crippen LogP contribution is 2.45. The molecule has 1 fully saturated rings. The van der Waals surface area contributed by atoms with Crippen molar-refractivity contribution in [2.45, 2.75) is 25.7 Å². The van der Waals surface area contributed by atoms with Crippen LogP contribution in [0.25, 0.3) is 0 Å². The Bertz CT molecular complexity index is 564. The zero-order valence-corrected chi connectivity index (χ0v) is 11.7. The number of carbonyl (C=O) groups is 2. The maximum Gasteiger partial charge on any atom is 0.337 e. The molecule has 1 aliphatic rings. The molecule has 106 valence electrons. The van der Waals surface area contributed by atoms with Crippen LogP contribution in [0.1, 0.15) is 36.0 Å². The number of anilines is 1. The predicted molar refractivity (Wildman–Crippen MR) is 78.1 cm³/mol. The quantitative estimate of drug-likeness (QED) is 0.813. The number of benzene rings is 1. The lowest BCUT2D eigenvalue weighted by Gasteiger charge is -2.39. The molecule has 1 saturated carbocycles. The number of hydrogen-bond donors (Lipinski definition) is 2. The molecular formula is C15H16ClNO3. The van der Waals surface area contributed by atoms with Crippen LogP contribution in [0.5, 0.6) is 0 Å². The van der Waals surface area contributed by atoms with Crippen LogP contribution in [-0.4, -0.2) is 17.0 Å². The predicted octanol–water partition coefficient (Wildman–Crippen LogP) is 3.72. The van der Waals surface area contributed by atoms with Crippen molar-refractivity contribution in [2.24, 2.45) is 5.41 Å². The third kappa shape index (κ3) is 2.70. The SMILES string of the molecule is C=CCC1(C(=O)Nc2ccc(C(=O)O)c(Cl)c2)CCC1. The van der Waals surface area contributed by atoms with E-state index in [0.717, 1.165) is 19.3 Å². The lowest BCUT2D eigenvalue weighted by atomic mass is 9.66. The maximum absolute atomic E-state index is 12.3. The normalized spacial score (nSPS) is 16.1. The molecule has 2 N–H and O–H groups in total. The summed E-state index contributed by atoms with van der Waals surface area (Å²) in [5, 5.41) is 11.8. The third-order valence-corrected chi connectivity index (χ3v) is 4.10. The van der Waals surface area contributed by atoms with Crippen molar-refractivity contribution in [2.75, 3.05) is 5.32 Å². The van der Waals surface area contributed by atoms with Gasteiger partial charge in [-0.2, -0.15) is 0 Å². The van der Waals surface area contributed by atoms with Crippen molar-refractivity contribution in [1.82, 2.24) is 0 Å². The van der Waals surface area contributed by atoms with E-state index in [1.807, 2.05) is 0 Å². The summed E-state index contributed by atoms with van der Waals surface area (Å²) in [6.07, 6.45) is 5.16. The van der Waals surface area contributed by atoms with Gasteiger partial charge < -0.3 is 10.4 Å². The topological polar surface area (TPSA) is 66.4 Å². The van der Waals surface area contributed by atoms with Crippen LogP contribution in [0.3, 0.4) is 0 Å². The summed E-state index contributed by atoms with van der Waals surface area (Å²) in [7, 11) is 0. The molecule has 1 aromatic carbocycles. The van der Waals surface area contributed by atoms with Crippen LogP contribution in [0.2, 0.25) is 5.02 Å². The summed E-state index contributed by atoms with van der Waals surface area (Å²) in [5.74, 6) is -1.14. The Hall–Kier alpha value is -1.81. The average Bonchev–Trinajstić information content (AvgIpc) is 2.33. The van der Waals surface area contributed by atoms with E-state index in [2.05, 4.69) is 11.9 Å². The second-order valence-electron chi connectivity index (χ2n) is 5.08. The zero-order chi connectivity index (χ0) is 14.8. The molecule has 0 heterocycles. The number of hydrogen-bond acceptors (Lipinski definition) is 2. The number of carboxylic acid groups (broad SMARTS) is 1. The van der Waals surface area contributed by atoms with E-state index in [-0.39, 0.29) is 21.9 Å². The minimum Gasteiger partial charge on any atom is -0.478 e. The molecule has 1 aromatic rings. The van der Waals surface area contributed by atoms with E-state index >= 15 is 0 Å². The Morgan fingerprint density at radius 3 is 2.60 bits per heavy atom. The van der Waals surface area contributed by atoms with E-state index in [1.54, 1.807) is 12.1 Å². The lowest BCUT2D eigenvalue weighted by Crippen LogP contribution is -2.41. The molecule has 0 aliphatic heterocycles. The molecule has 1 aliphatic carbocycles. The van der Waals surface area contributed by atoms with Crippen LogP contribution in [0, 0.1) is 5.41 Å². The van der Waals surface area contributed by atoms with Gasteiger partial charge in [-0.1, -0.05) is 24.1 Å². The molecular weight excluding hydrogens is 278 g/mol. The van der Waals surface area contributed by atoms with Gasteiger partial charge in [-0.25, -0.2) is 4.79 Å². The molecule has 0 aromatic heterocycles. The van der Waals surface area contributed by atoms with Gasteiger partial charge in [-0.3, -0.25) is 4.79 Å². The van der Waals surface area contributed by atoms with Crippen molar-refractivity contribution in [3.05, 3.63) is 41.4 Å². The van der Waals surface area contributed by atoms with Gasteiger partial charge in [0, 0.05) is 5.69 Å². The van der Waals surface area contributed by atoms with Gasteiger partial charge in [-0.15, -0.1) is 6.58 Å². The monoisotopic (exact) mass is 293 g/mol. The fourth-order valence-corrected chi connectivity index (χ4v) is 2.70. The molecule has 20 heavy (non-hydrogen) atoms. The molecule has 0 radical (unpaired) electrons.